The number of benzene rings is 1. The third-order valence-corrected chi connectivity index (χ3v) is 2.50. The summed E-state index contributed by atoms with van der Waals surface area (Å²) in [5.41, 5.74) is 6.48. The summed E-state index contributed by atoms with van der Waals surface area (Å²) in [5.74, 6) is -0.404. The second kappa shape index (κ2) is 3.29. The van der Waals surface area contributed by atoms with Crippen molar-refractivity contribution in [1.29, 1.82) is 0 Å². The lowest BCUT2D eigenvalue weighted by Gasteiger charge is -2.10. The van der Waals surface area contributed by atoms with Crippen molar-refractivity contribution in [2.45, 2.75) is 12.3 Å². The van der Waals surface area contributed by atoms with Gasteiger partial charge in [0.15, 0.2) is 0 Å². The lowest BCUT2D eigenvalue weighted by molar-refractivity contribution is -0.119. The first kappa shape index (κ1) is 8.99. The molecule has 2 rings (SSSR count). The molecule has 3 N–H and O–H groups in total. The van der Waals surface area contributed by atoms with E-state index in [0.717, 1.165) is 5.56 Å². The predicted octanol–water partition coefficient (Wildman–Crippen LogP) is 1.01. The molecule has 1 unspecified atom stereocenters. The molecule has 1 aromatic carbocycles. The Morgan fingerprint density at radius 1 is 1.50 bits per heavy atom. The number of carbonyl (C=O) groups is 1. The van der Waals surface area contributed by atoms with Crippen molar-refractivity contribution in [2.24, 2.45) is 0 Å². The summed E-state index contributed by atoms with van der Waals surface area (Å²) < 4.78 is 13.1. The van der Waals surface area contributed by atoms with E-state index in [4.69, 9.17) is 5.73 Å². The van der Waals surface area contributed by atoms with Crippen LogP contribution in [-0.4, -0.2) is 12.5 Å². The SMILES string of the molecule is Nc1c(F)cccc1C1CNC(=O)C1. The third kappa shape index (κ3) is 1.43. The first-order valence-corrected chi connectivity index (χ1v) is 4.49. The number of para-hydroxylation sites is 1. The summed E-state index contributed by atoms with van der Waals surface area (Å²) in [6.07, 6.45) is 0.396. The Bertz CT molecular complexity index is 378. The van der Waals surface area contributed by atoms with Crippen LogP contribution in [0.2, 0.25) is 0 Å². The normalized spacial score (nSPS) is 20.9. The Labute approximate surface area is 81.1 Å². The molecule has 0 bridgehead atoms. The summed E-state index contributed by atoms with van der Waals surface area (Å²) >= 11 is 0. The zero-order chi connectivity index (χ0) is 10.1. The van der Waals surface area contributed by atoms with E-state index in [2.05, 4.69) is 5.32 Å². The number of carbonyl (C=O) groups excluding carboxylic acids is 1. The molecule has 1 aliphatic rings. The zero-order valence-electron chi connectivity index (χ0n) is 7.59. The Hall–Kier alpha value is -1.58. The number of nitrogen functional groups attached to an aromatic ring is 1. The van der Waals surface area contributed by atoms with E-state index in [0.29, 0.717) is 13.0 Å². The average Bonchev–Trinajstić information content (AvgIpc) is 2.57. The second-order valence-electron chi connectivity index (χ2n) is 3.45. The van der Waals surface area contributed by atoms with E-state index < -0.39 is 5.82 Å². The molecule has 74 valence electrons. The molecule has 0 saturated carbocycles. The van der Waals surface area contributed by atoms with Gasteiger partial charge in [-0.25, -0.2) is 4.39 Å². The fourth-order valence-electron chi connectivity index (χ4n) is 1.73. The van der Waals surface area contributed by atoms with Gasteiger partial charge >= 0.3 is 0 Å². The monoisotopic (exact) mass is 194 g/mol. The van der Waals surface area contributed by atoms with E-state index in [9.17, 15) is 9.18 Å². The van der Waals surface area contributed by atoms with Gasteiger partial charge in [-0.2, -0.15) is 0 Å². The largest absolute Gasteiger partial charge is 0.396 e. The lowest BCUT2D eigenvalue weighted by atomic mass is 9.96. The van der Waals surface area contributed by atoms with Crippen LogP contribution in [0.25, 0.3) is 0 Å². The maximum atomic E-state index is 13.1. The van der Waals surface area contributed by atoms with Crippen LogP contribution in [0, 0.1) is 5.82 Å². The molecule has 3 nitrogen and oxygen atoms in total. The van der Waals surface area contributed by atoms with Gasteiger partial charge in [-0.1, -0.05) is 12.1 Å². The number of amides is 1. The van der Waals surface area contributed by atoms with Gasteiger partial charge in [-0.3, -0.25) is 4.79 Å². The van der Waals surface area contributed by atoms with Crippen molar-refractivity contribution in [2.75, 3.05) is 12.3 Å². The minimum atomic E-state index is -0.415. The van der Waals surface area contributed by atoms with Crippen molar-refractivity contribution in [3.05, 3.63) is 29.6 Å². The lowest BCUT2D eigenvalue weighted by Crippen LogP contribution is -2.13. The third-order valence-electron chi connectivity index (χ3n) is 2.50. The molecule has 1 heterocycles. The molecule has 0 aliphatic carbocycles. The van der Waals surface area contributed by atoms with Crippen molar-refractivity contribution in [3.63, 3.8) is 0 Å². The zero-order valence-corrected chi connectivity index (χ0v) is 7.59. The molecule has 1 aromatic rings. The quantitative estimate of drug-likeness (QED) is 0.655. The molecule has 1 fully saturated rings. The molecule has 1 atom stereocenters. The van der Waals surface area contributed by atoms with E-state index in [1.807, 2.05) is 0 Å². The minimum Gasteiger partial charge on any atom is -0.396 e. The summed E-state index contributed by atoms with van der Waals surface area (Å²) in [7, 11) is 0. The van der Waals surface area contributed by atoms with Crippen LogP contribution in [-0.2, 0) is 4.79 Å². The Kier molecular flexibility index (Phi) is 2.11. The Balaban J connectivity index is 2.32. The molecule has 1 amide bonds. The first-order chi connectivity index (χ1) is 6.68. The van der Waals surface area contributed by atoms with Gasteiger partial charge in [0.2, 0.25) is 5.91 Å². The molecule has 1 saturated heterocycles. The van der Waals surface area contributed by atoms with Crippen LogP contribution < -0.4 is 11.1 Å². The van der Waals surface area contributed by atoms with Crippen LogP contribution in [0.1, 0.15) is 17.9 Å². The Morgan fingerprint density at radius 2 is 2.29 bits per heavy atom. The van der Waals surface area contributed by atoms with E-state index in [1.54, 1.807) is 12.1 Å². The first-order valence-electron chi connectivity index (χ1n) is 4.49. The van der Waals surface area contributed by atoms with Gasteiger partial charge in [0.25, 0.3) is 0 Å². The van der Waals surface area contributed by atoms with Crippen LogP contribution in [0.15, 0.2) is 18.2 Å². The smallest absolute Gasteiger partial charge is 0.220 e. The maximum Gasteiger partial charge on any atom is 0.220 e. The predicted molar refractivity (Wildman–Crippen MR) is 51.2 cm³/mol. The van der Waals surface area contributed by atoms with Crippen LogP contribution >= 0.6 is 0 Å². The van der Waals surface area contributed by atoms with Gasteiger partial charge in [0.1, 0.15) is 5.82 Å². The average molecular weight is 194 g/mol. The van der Waals surface area contributed by atoms with Crippen molar-refractivity contribution >= 4 is 11.6 Å². The van der Waals surface area contributed by atoms with Gasteiger partial charge in [-0.05, 0) is 11.6 Å². The molecule has 0 aromatic heterocycles. The van der Waals surface area contributed by atoms with Crippen LogP contribution in [0.3, 0.4) is 0 Å². The highest BCUT2D eigenvalue weighted by molar-refractivity contribution is 5.80. The molecular formula is C10H11FN2O. The number of hydrogen-bond acceptors (Lipinski definition) is 2. The number of anilines is 1. The molecule has 0 radical (unpaired) electrons. The number of nitrogens with two attached hydrogens (primary N) is 1. The molecule has 4 heteroatoms. The number of rotatable bonds is 1. The summed E-state index contributed by atoms with van der Waals surface area (Å²) in [4.78, 5) is 11.0. The van der Waals surface area contributed by atoms with Gasteiger partial charge in [0.05, 0.1) is 5.69 Å². The minimum absolute atomic E-state index is 0.00124. The highest BCUT2D eigenvalue weighted by atomic mass is 19.1. The molecular weight excluding hydrogens is 183 g/mol. The maximum absolute atomic E-state index is 13.1. The van der Waals surface area contributed by atoms with Crippen LogP contribution in [0.4, 0.5) is 10.1 Å². The summed E-state index contributed by atoms with van der Waals surface area (Å²) in [6.45, 7) is 0.548. The Morgan fingerprint density at radius 3 is 2.93 bits per heavy atom. The fourth-order valence-corrected chi connectivity index (χ4v) is 1.73. The molecule has 1 aliphatic heterocycles. The van der Waals surface area contributed by atoms with Crippen molar-refractivity contribution in [3.8, 4) is 0 Å². The molecule has 0 spiro atoms. The number of halogens is 1. The number of nitrogens with one attached hydrogen (secondary N) is 1. The van der Waals surface area contributed by atoms with Crippen LogP contribution in [0.5, 0.6) is 0 Å². The van der Waals surface area contributed by atoms with Crippen molar-refractivity contribution < 1.29 is 9.18 Å². The fraction of sp³-hybridized carbons (Fsp3) is 0.300. The van der Waals surface area contributed by atoms with Gasteiger partial charge in [0, 0.05) is 18.9 Å². The van der Waals surface area contributed by atoms with E-state index >= 15 is 0 Å². The van der Waals surface area contributed by atoms with E-state index in [-0.39, 0.29) is 17.5 Å². The topological polar surface area (TPSA) is 55.1 Å². The molecule has 14 heavy (non-hydrogen) atoms. The van der Waals surface area contributed by atoms with Crippen molar-refractivity contribution in [1.82, 2.24) is 5.32 Å². The summed E-state index contributed by atoms with van der Waals surface area (Å²) in [5, 5.41) is 2.70. The highest BCUT2D eigenvalue weighted by Gasteiger charge is 2.25. The second-order valence-corrected chi connectivity index (χ2v) is 3.45. The number of hydrogen-bond donors (Lipinski definition) is 2. The summed E-state index contributed by atoms with van der Waals surface area (Å²) in [6, 6.07) is 4.70. The van der Waals surface area contributed by atoms with E-state index in [1.165, 1.54) is 6.07 Å². The standard InChI is InChI=1S/C10H11FN2O/c11-8-3-1-2-7(10(8)12)6-4-9(14)13-5-6/h1-3,6H,4-5,12H2,(H,13,14). The van der Waals surface area contributed by atoms with Gasteiger partial charge < -0.3 is 11.1 Å². The van der Waals surface area contributed by atoms with Gasteiger partial charge in [-0.15, -0.1) is 0 Å². The highest BCUT2D eigenvalue weighted by Crippen LogP contribution is 2.29.